The largest absolute Gasteiger partial charge is 0.366 e. The van der Waals surface area contributed by atoms with Gasteiger partial charge in [-0.3, -0.25) is 9.59 Å². The number of hydrogen-bond donors (Lipinski definition) is 2. The molecule has 0 aliphatic rings. The van der Waals surface area contributed by atoms with Crippen molar-refractivity contribution in [2.45, 2.75) is 26.4 Å². The number of nitrogens with zero attached hydrogens (tertiary/aromatic N) is 3. The van der Waals surface area contributed by atoms with Crippen LogP contribution in [0, 0.1) is 12.7 Å². The SMILES string of the molecule is Cc1cc2ccccc2n2c(=O)n(C[C@H](C)NC(=O)c3ccc(C(N)=O)cc3F)nc12. The number of pyridine rings is 1. The number of aryl methyl sites for hydroxylation is 1. The lowest BCUT2D eigenvalue weighted by Gasteiger charge is -2.14. The lowest BCUT2D eigenvalue weighted by atomic mass is 10.1. The number of hydrogen-bond acceptors (Lipinski definition) is 4. The van der Waals surface area contributed by atoms with Crippen LogP contribution in [0.2, 0.25) is 0 Å². The Bertz CT molecular complexity index is 1410. The number of fused-ring (bicyclic) bond motifs is 3. The van der Waals surface area contributed by atoms with Crippen LogP contribution < -0.4 is 16.7 Å². The molecule has 2 aromatic heterocycles. The van der Waals surface area contributed by atoms with E-state index in [-0.39, 0.29) is 23.4 Å². The van der Waals surface area contributed by atoms with Gasteiger partial charge in [0.15, 0.2) is 5.65 Å². The van der Waals surface area contributed by atoms with Crippen molar-refractivity contribution in [2.24, 2.45) is 5.73 Å². The molecule has 0 saturated heterocycles. The summed E-state index contributed by atoms with van der Waals surface area (Å²) in [7, 11) is 0. The van der Waals surface area contributed by atoms with Crippen molar-refractivity contribution >= 4 is 28.4 Å². The van der Waals surface area contributed by atoms with Crippen molar-refractivity contribution in [1.82, 2.24) is 19.5 Å². The summed E-state index contributed by atoms with van der Waals surface area (Å²) in [6, 6.07) is 12.4. The molecule has 0 aliphatic heterocycles. The van der Waals surface area contributed by atoms with E-state index in [1.807, 2.05) is 37.3 Å². The van der Waals surface area contributed by atoms with E-state index in [1.165, 1.54) is 16.8 Å². The molecule has 0 bridgehead atoms. The molecular formula is C22H20FN5O3. The summed E-state index contributed by atoms with van der Waals surface area (Å²) in [5, 5.41) is 8.00. The van der Waals surface area contributed by atoms with Crippen molar-refractivity contribution in [1.29, 1.82) is 0 Å². The Hall–Kier alpha value is -4.01. The van der Waals surface area contributed by atoms with Crippen LogP contribution in [0.3, 0.4) is 0 Å². The molecule has 158 valence electrons. The Labute approximate surface area is 176 Å². The Morgan fingerprint density at radius 2 is 1.94 bits per heavy atom. The van der Waals surface area contributed by atoms with Gasteiger partial charge < -0.3 is 11.1 Å². The average molecular weight is 421 g/mol. The maximum Gasteiger partial charge on any atom is 0.350 e. The molecule has 3 N–H and O–H groups in total. The number of primary amides is 1. The summed E-state index contributed by atoms with van der Waals surface area (Å²) in [5.41, 5.74) is 6.68. The number of amides is 2. The van der Waals surface area contributed by atoms with Gasteiger partial charge in [0, 0.05) is 11.6 Å². The summed E-state index contributed by atoms with van der Waals surface area (Å²) in [6.45, 7) is 3.66. The lowest BCUT2D eigenvalue weighted by Crippen LogP contribution is -2.38. The molecule has 0 spiro atoms. The van der Waals surface area contributed by atoms with E-state index >= 15 is 0 Å². The van der Waals surface area contributed by atoms with E-state index in [2.05, 4.69) is 10.4 Å². The lowest BCUT2D eigenvalue weighted by molar-refractivity contribution is 0.0929. The van der Waals surface area contributed by atoms with Gasteiger partial charge in [-0.25, -0.2) is 18.3 Å². The first-order valence-electron chi connectivity index (χ1n) is 9.64. The smallest absolute Gasteiger partial charge is 0.350 e. The summed E-state index contributed by atoms with van der Waals surface area (Å²) >= 11 is 0. The van der Waals surface area contributed by atoms with Gasteiger partial charge in [-0.05, 0) is 55.1 Å². The minimum absolute atomic E-state index is 0.0269. The highest BCUT2D eigenvalue weighted by atomic mass is 19.1. The second-order valence-corrected chi connectivity index (χ2v) is 7.44. The number of benzene rings is 2. The van der Waals surface area contributed by atoms with Crippen LogP contribution in [-0.2, 0) is 6.54 Å². The first-order chi connectivity index (χ1) is 14.8. The normalized spacial score (nSPS) is 12.2. The van der Waals surface area contributed by atoms with Crippen LogP contribution in [0.4, 0.5) is 4.39 Å². The molecule has 0 unspecified atom stereocenters. The van der Waals surface area contributed by atoms with E-state index in [1.54, 1.807) is 11.3 Å². The van der Waals surface area contributed by atoms with E-state index in [0.29, 0.717) is 5.65 Å². The number of aromatic nitrogens is 3. The van der Waals surface area contributed by atoms with E-state index in [0.717, 1.165) is 22.5 Å². The van der Waals surface area contributed by atoms with Gasteiger partial charge in [-0.1, -0.05) is 18.2 Å². The molecule has 9 heteroatoms. The number of carbonyl (C=O) groups is 2. The molecule has 31 heavy (non-hydrogen) atoms. The molecule has 0 aliphatic carbocycles. The summed E-state index contributed by atoms with van der Waals surface area (Å²) < 4.78 is 17.0. The summed E-state index contributed by atoms with van der Waals surface area (Å²) in [4.78, 5) is 36.6. The van der Waals surface area contributed by atoms with Crippen LogP contribution >= 0.6 is 0 Å². The molecule has 0 saturated carbocycles. The zero-order chi connectivity index (χ0) is 22.3. The molecule has 8 nitrogen and oxygen atoms in total. The average Bonchev–Trinajstić information content (AvgIpc) is 3.04. The number of nitrogens with two attached hydrogens (primary N) is 1. The Balaban J connectivity index is 1.60. The maximum atomic E-state index is 14.2. The molecule has 2 heterocycles. The molecule has 4 rings (SSSR count). The highest BCUT2D eigenvalue weighted by Gasteiger charge is 2.18. The van der Waals surface area contributed by atoms with Crippen molar-refractivity contribution in [2.75, 3.05) is 0 Å². The third-order valence-electron chi connectivity index (χ3n) is 5.06. The van der Waals surface area contributed by atoms with Crippen molar-refractivity contribution in [3.8, 4) is 0 Å². The second kappa shape index (κ2) is 7.67. The van der Waals surface area contributed by atoms with E-state index < -0.39 is 23.7 Å². The number of nitrogens with one attached hydrogen (secondary N) is 1. The molecule has 0 radical (unpaired) electrons. The Kier molecular flexibility index (Phi) is 5.02. The fourth-order valence-corrected chi connectivity index (χ4v) is 3.57. The minimum Gasteiger partial charge on any atom is -0.366 e. The minimum atomic E-state index is -0.854. The first kappa shape index (κ1) is 20.3. The monoisotopic (exact) mass is 421 g/mol. The topological polar surface area (TPSA) is 111 Å². The van der Waals surface area contributed by atoms with Gasteiger partial charge in [-0.15, -0.1) is 5.10 Å². The Morgan fingerprint density at radius 1 is 1.19 bits per heavy atom. The van der Waals surface area contributed by atoms with Crippen LogP contribution in [0.5, 0.6) is 0 Å². The number of carbonyl (C=O) groups excluding carboxylic acids is 2. The fraction of sp³-hybridized carbons (Fsp3) is 0.182. The number of rotatable bonds is 5. The number of para-hydroxylation sites is 1. The summed E-state index contributed by atoms with van der Waals surface area (Å²) in [5.74, 6) is -2.30. The molecule has 1 atom stereocenters. The maximum absolute atomic E-state index is 14.2. The molecule has 4 aromatic rings. The van der Waals surface area contributed by atoms with Crippen molar-refractivity contribution in [3.05, 3.63) is 81.5 Å². The predicted octanol–water partition coefficient (Wildman–Crippen LogP) is 2.01. The number of halogens is 1. The third-order valence-corrected chi connectivity index (χ3v) is 5.06. The third kappa shape index (κ3) is 3.65. The van der Waals surface area contributed by atoms with Crippen LogP contribution in [-0.4, -0.2) is 32.0 Å². The fourth-order valence-electron chi connectivity index (χ4n) is 3.57. The van der Waals surface area contributed by atoms with Crippen molar-refractivity contribution in [3.63, 3.8) is 0 Å². The zero-order valence-electron chi connectivity index (χ0n) is 16.9. The van der Waals surface area contributed by atoms with Crippen molar-refractivity contribution < 1.29 is 14.0 Å². The molecule has 0 fully saturated rings. The van der Waals surface area contributed by atoms with Crippen LogP contribution in [0.25, 0.3) is 16.6 Å². The van der Waals surface area contributed by atoms with E-state index in [9.17, 15) is 18.8 Å². The highest BCUT2D eigenvalue weighted by Crippen LogP contribution is 2.18. The molecular weight excluding hydrogens is 401 g/mol. The van der Waals surface area contributed by atoms with Gasteiger partial charge in [0.1, 0.15) is 5.82 Å². The predicted molar refractivity (Wildman–Crippen MR) is 114 cm³/mol. The molecule has 2 aromatic carbocycles. The van der Waals surface area contributed by atoms with Crippen LogP contribution in [0.15, 0.2) is 53.3 Å². The highest BCUT2D eigenvalue weighted by molar-refractivity contribution is 5.97. The van der Waals surface area contributed by atoms with Gasteiger partial charge in [0.25, 0.3) is 5.91 Å². The van der Waals surface area contributed by atoms with Gasteiger partial charge in [0.05, 0.1) is 17.6 Å². The van der Waals surface area contributed by atoms with Gasteiger partial charge in [0.2, 0.25) is 5.91 Å². The van der Waals surface area contributed by atoms with E-state index in [4.69, 9.17) is 5.73 Å². The Morgan fingerprint density at radius 3 is 2.65 bits per heavy atom. The first-order valence-corrected chi connectivity index (χ1v) is 9.64. The van der Waals surface area contributed by atoms with Gasteiger partial charge >= 0.3 is 5.69 Å². The quantitative estimate of drug-likeness (QED) is 0.513. The zero-order valence-corrected chi connectivity index (χ0v) is 16.9. The summed E-state index contributed by atoms with van der Waals surface area (Å²) in [6.07, 6.45) is 0. The van der Waals surface area contributed by atoms with Crippen LogP contribution in [0.1, 0.15) is 33.2 Å². The molecule has 2 amide bonds. The standard InChI is InChI=1S/C22H20FN5O3/c1-12-9-14-5-3-4-6-18(14)28-20(12)26-27(22(28)31)11-13(2)25-21(30)16-8-7-15(19(24)29)10-17(16)23/h3-10,13H,11H2,1-2H3,(H2,24,29)(H,25,30)/t13-/m0/s1. The van der Waals surface area contributed by atoms with Gasteiger partial charge in [-0.2, -0.15) is 0 Å². The second-order valence-electron chi connectivity index (χ2n) is 7.44.